The van der Waals surface area contributed by atoms with Crippen LogP contribution in [0.25, 0.3) is 0 Å². The Morgan fingerprint density at radius 2 is 1.95 bits per heavy atom. The number of carbonyl (C=O) groups is 2. The van der Waals surface area contributed by atoms with Crippen molar-refractivity contribution in [2.45, 2.75) is 19.4 Å². The summed E-state index contributed by atoms with van der Waals surface area (Å²) in [5.41, 5.74) is 1.76. The predicted molar refractivity (Wildman–Crippen MR) is 77.8 cm³/mol. The lowest BCUT2D eigenvalue weighted by Crippen LogP contribution is -2.43. The Hall–Kier alpha value is -1.69. The van der Waals surface area contributed by atoms with Crippen molar-refractivity contribution in [3.8, 4) is 0 Å². The van der Waals surface area contributed by atoms with Crippen LogP contribution in [0, 0.1) is 6.92 Å². The molecule has 1 atom stereocenters. The fraction of sp³-hybridized carbons (Fsp3) is 0.385. The Morgan fingerprint density at radius 1 is 1.32 bits per heavy atom. The minimum Gasteiger partial charge on any atom is -0.465 e. The molecule has 1 aromatic carbocycles. The van der Waals surface area contributed by atoms with Gasteiger partial charge < -0.3 is 15.7 Å². The van der Waals surface area contributed by atoms with Gasteiger partial charge in [-0.3, -0.25) is 4.79 Å². The third-order valence-electron chi connectivity index (χ3n) is 2.54. The first-order chi connectivity index (χ1) is 9.02. The van der Waals surface area contributed by atoms with Gasteiger partial charge in [0.2, 0.25) is 5.91 Å². The maximum atomic E-state index is 12.0. The lowest BCUT2D eigenvalue weighted by atomic mass is 10.2. The molecule has 0 aromatic heterocycles. The first-order valence-corrected chi connectivity index (χ1v) is 7.28. The molecule has 0 fully saturated rings. The zero-order chi connectivity index (χ0) is 14.3. The van der Waals surface area contributed by atoms with E-state index in [1.54, 1.807) is 23.9 Å². The van der Waals surface area contributed by atoms with Gasteiger partial charge in [0, 0.05) is 5.69 Å². The molecular formula is C13H18N2O3S. The van der Waals surface area contributed by atoms with E-state index in [1.165, 1.54) is 0 Å². The van der Waals surface area contributed by atoms with Gasteiger partial charge in [-0.1, -0.05) is 17.7 Å². The molecule has 2 amide bonds. The predicted octanol–water partition coefficient (Wildman–Crippen LogP) is 2.32. The summed E-state index contributed by atoms with van der Waals surface area (Å²) in [6.07, 6.45) is 1.19. The summed E-state index contributed by atoms with van der Waals surface area (Å²) < 4.78 is 0. The third kappa shape index (κ3) is 5.65. The zero-order valence-electron chi connectivity index (χ0n) is 11.0. The van der Waals surface area contributed by atoms with E-state index >= 15 is 0 Å². The highest BCUT2D eigenvalue weighted by molar-refractivity contribution is 7.98. The van der Waals surface area contributed by atoms with Crippen molar-refractivity contribution in [1.82, 2.24) is 5.32 Å². The molecule has 0 saturated heterocycles. The smallest absolute Gasteiger partial charge is 0.405 e. The highest BCUT2D eigenvalue weighted by Gasteiger charge is 2.19. The molecule has 3 N–H and O–H groups in total. The minimum absolute atomic E-state index is 0.333. The average Bonchev–Trinajstić information content (AvgIpc) is 2.36. The highest BCUT2D eigenvalue weighted by atomic mass is 32.2. The van der Waals surface area contributed by atoms with Crippen molar-refractivity contribution < 1.29 is 14.7 Å². The van der Waals surface area contributed by atoms with Crippen LogP contribution < -0.4 is 10.6 Å². The molecule has 0 bridgehead atoms. The monoisotopic (exact) mass is 282 g/mol. The molecule has 0 aliphatic rings. The van der Waals surface area contributed by atoms with Crippen molar-refractivity contribution in [3.05, 3.63) is 29.8 Å². The van der Waals surface area contributed by atoms with Gasteiger partial charge in [0.15, 0.2) is 0 Å². The summed E-state index contributed by atoms with van der Waals surface area (Å²) in [6.45, 7) is 1.96. The molecule has 5 nitrogen and oxygen atoms in total. The number of hydrogen-bond donors (Lipinski definition) is 3. The van der Waals surface area contributed by atoms with Crippen LogP contribution in [0.5, 0.6) is 0 Å². The Morgan fingerprint density at radius 3 is 2.47 bits per heavy atom. The van der Waals surface area contributed by atoms with Gasteiger partial charge in [-0.25, -0.2) is 4.79 Å². The van der Waals surface area contributed by atoms with E-state index in [0.717, 1.165) is 5.56 Å². The quantitative estimate of drug-likeness (QED) is 0.748. The number of amides is 2. The van der Waals surface area contributed by atoms with E-state index < -0.39 is 12.1 Å². The normalized spacial score (nSPS) is 11.7. The number of carbonyl (C=O) groups excluding carboxylic acids is 1. The topological polar surface area (TPSA) is 78.4 Å². The summed E-state index contributed by atoms with van der Waals surface area (Å²) in [7, 11) is 0. The first-order valence-electron chi connectivity index (χ1n) is 5.89. The van der Waals surface area contributed by atoms with Crippen molar-refractivity contribution in [1.29, 1.82) is 0 Å². The van der Waals surface area contributed by atoms with Crippen LogP contribution in [-0.2, 0) is 4.79 Å². The second-order valence-corrected chi connectivity index (χ2v) is 5.12. The summed E-state index contributed by atoms with van der Waals surface area (Å²) in [5, 5.41) is 13.7. The first kappa shape index (κ1) is 15.4. The van der Waals surface area contributed by atoms with E-state index in [2.05, 4.69) is 10.6 Å². The fourth-order valence-electron chi connectivity index (χ4n) is 1.52. The van der Waals surface area contributed by atoms with E-state index in [4.69, 9.17) is 5.11 Å². The maximum absolute atomic E-state index is 12.0. The summed E-state index contributed by atoms with van der Waals surface area (Å²) in [5.74, 6) is 0.381. The lowest BCUT2D eigenvalue weighted by Gasteiger charge is -2.16. The van der Waals surface area contributed by atoms with Crippen molar-refractivity contribution in [3.63, 3.8) is 0 Å². The van der Waals surface area contributed by atoms with Crippen molar-refractivity contribution in [2.75, 3.05) is 17.3 Å². The Labute approximate surface area is 116 Å². The lowest BCUT2D eigenvalue weighted by molar-refractivity contribution is -0.118. The Balaban J connectivity index is 2.64. The van der Waals surface area contributed by atoms with Gasteiger partial charge in [-0.2, -0.15) is 11.8 Å². The largest absolute Gasteiger partial charge is 0.465 e. The zero-order valence-corrected chi connectivity index (χ0v) is 11.8. The van der Waals surface area contributed by atoms with Crippen LogP contribution in [0.15, 0.2) is 24.3 Å². The molecule has 0 radical (unpaired) electrons. The number of rotatable bonds is 6. The van der Waals surface area contributed by atoms with Gasteiger partial charge in [0.1, 0.15) is 6.04 Å². The molecule has 6 heteroatoms. The highest BCUT2D eigenvalue weighted by Crippen LogP contribution is 2.10. The summed E-state index contributed by atoms with van der Waals surface area (Å²) >= 11 is 1.57. The maximum Gasteiger partial charge on any atom is 0.405 e. The third-order valence-corrected chi connectivity index (χ3v) is 3.19. The number of hydrogen-bond acceptors (Lipinski definition) is 3. The molecular weight excluding hydrogens is 264 g/mol. The SMILES string of the molecule is CSCC[C@H](NC(=O)O)C(=O)Nc1ccc(C)cc1. The van der Waals surface area contributed by atoms with Gasteiger partial charge in [0.05, 0.1) is 0 Å². The number of nitrogens with one attached hydrogen (secondary N) is 2. The number of benzene rings is 1. The number of thioether (sulfide) groups is 1. The van der Waals surface area contributed by atoms with Crippen LogP contribution in [0.2, 0.25) is 0 Å². The van der Waals surface area contributed by atoms with Gasteiger partial charge in [-0.05, 0) is 37.5 Å². The minimum atomic E-state index is -1.19. The summed E-state index contributed by atoms with van der Waals surface area (Å²) in [4.78, 5) is 22.7. The molecule has 0 aliphatic heterocycles. The van der Waals surface area contributed by atoms with Gasteiger partial charge in [-0.15, -0.1) is 0 Å². The van der Waals surface area contributed by atoms with Crippen molar-refractivity contribution in [2.24, 2.45) is 0 Å². The molecule has 0 aliphatic carbocycles. The van der Waals surface area contributed by atoms with Crippen molar-refractivity contribution >= 4 is 29.4 Å². The van der Waals surface area contributed by atoms with Gasteiger partial charge >= 0.3 is 6.09 Å². The second-order valence-electron chi connectivity index (χ2n) is 4.14. The molecule has 1 aromatic rings. The van der Waals surface area contributed by atoms with Crippen LogP contribution in [0.4, 0.5) is 10.5 Å². The van der Waals surface area contributed by atoms with Crippen LogP contribution >= 0.6 is 11.8 Å². The molecule has 104 valence electrons. The second kappa shape index (κ2) is 7.68. The van der Waals surface area contributed by atoms with E-state index in [0.29, 0.717) is 17.9 Å². The number of anilines is 1. The van der Waals surface area contributed by atoms with Crippen LogP contribution in [0.3, 0.4) is 0 Å². The molecule has 0 saturated carbocycles. The average molecular weight is 282 g/mol. The number of aryl methyl sites for hydroxylation is 1. The Bertz CT molecular complexity index is 434. The molecule has 0 heterocycles. The summed E-state index contributed by atoms with van der Waals surface area (Å²) in [6, 6.07) is 6.62. The number of carboxylic acid groups (broad SMARTS) is 1. The van der Waals surface area contributed by atoms with E-state index in [-0.39, 0.29) is 5.91 Å². The van der Waals surface area contributed by atoms with E-state index in [9.17, 15) is 9.59 Å². The molecule has 0 unspecified atom stereocenters. The van der Waals surface area contributed by atoms with Crippen LogP contribution in [0.1, 0.15) is 12.0 Å². The van der Waals surface area contributed by atoms with Gasteiger partial charge in [0.25, 0.3) is 0 Å². The Kier molecular flexibility index (Phi) is 6.21. The van der Waals surface area contributed by atoms with Crippen LogP contribution in [-0.4, -0.2) is 35.2 Å². The standard InChI is InChI=1S/C13H18N2O3S/c1-9-3-5-10(6-4-9)14-12(16)11(7-8-19-2)15-13(17)18/h3-6,11,15H,7-8H2,1-2H3,(H,14,16)(H,17,18)/t11-/m0/s1. The fourth-order valence-corrected chi connectivity index (χ4v) is 1.99. The van der Waals surface area contributed by atoms with E-state index in [1.807, 2.05) is 25.3 Å². The molecule has 0 spiro atoms. The molecule has 1 rings (SSSR count). The molecule has 19 heavy (non-hydrogen) atoms.